The van der Waals surface area contributed by atoms with Crippen molar-refractivity contribution in [3.05, 3.63) is 65.9 Å². The van der Waals surface area contributed by atoms with Crippen LogP contribution in [0, 0.1) is 0 Å². The molecule has 4 aromatic rings. The number of pyridine rings is 1. The molecule has 0 radical (unpaired) electrons. The Morgan fingerprint density at radius 2 is 1.43 bits per heavy atom. The summed E-state index contributed by atoms with van der Waals surface area (Å²) in [6.45, 7) is 0. The highest BCUT2D eigenvalue weighted by Crippen LogP contribution is 2.39. The maximum absolute atomic E-state index is 4.81. The van der Waals surface area contributed by atoms with Crippen LogP contribution in [0.4, 0.5) is 0 Å². The van der Waals surface area contributed by atoms with Crippen LogP contribution >= 0.6 is 0 Å². The zero-order valence-electron chi connectivity index (χ0n) is 11.8. The molecule has 0 amide bonds. The molecule has 0 aliphatic heterocycles. The molecule has 1 heterocycles. The second kappa shape index (κ2) is 4.05. The minimum atomic E-state index is 1.17. The summed E-state index contributed by atoms with van der Waals surface area (Å²) in [6, 6.07) is 17.4. The molecule has 1 aliphatic rings. The Morgan fingerprint density at radius 3 is 2.33 bits per heavy atom. The highest BCUT2D eigenvalue weighted by molar-refractivity contribution is 6.17. The quantitative estimate of drug-likeness (QED) is 0.408. The maximum atomic E-state index is 4.81. The number of hydrogen-bond donors (Lipinski definition) is 0. The Labute approximate surface area is 123 Å². The minimum Gasteiger partial charge on any atom is -0.255 e. The topological polar surface area (TPSA) is 12.9 Å². The Kier molecular flexibility index (Phi) is 2.17. The molecule has 0 saturated carbocycles. The highest BCUT2D eigenvalue weighted by Gasteiger charge is 2.20. The molecule has 0 spiro atoms. The van der Waals surface area contributed by atoms with Crippen molar-refractivity contribution in [2.75, 3.05) is 0 Å². The van der Waals surface area contributed by atoms with Crippen LogP contribution in [0.3, 0.4) is 0 Å². The number of aromatic nitrogens is 1. The van der Waals surface area contributed by atoms with E-state index in [0.29, 0.717) is 0 Å². The molecule has 1 nitrogen and oxygen atoms in total. The molecule has 0 N–H and O–H groups in total. The molecule has 1 heteroatoms. The number of benzene rings is 3. The molecule has 0 unspecified atom stereocenters. The summed E-state index contributed by atoms with van der Waals surface area (Å²) in [5.74, 6) is 0. The van der Waals surface area contributed by atoms with Crippen molar-refractivity contribution >= 4 is 32.4 Å². The maximum Gasteiger partial charge on any atom is 0.0789 e. The lowest BCUT2D eigenvalue weighted by Crippen LogP contribution is -1.92. The van der Waals surface area contributed by atoms with Gasteiger partial charge >= 0.3 is 0 Å². The van der Waals surface area contributed by atoms with Crippen molar-refractivity contribution in [2.24, 2.45) is 0 Å². The zero-order valence-corrected chi connectivity index (χ0v) is 11.8. The van der Waals surface area contributed by atoms with Gasteiger partial charge in [-0.2, -0.15) is 0 Å². The van der Waals surface area contributed by atoms with Crippen LogP contribution in [0.1, 0.15) is 17.5 Å². The van der Waals surface area contributed by atoms with Gasteiger partial charge in [-0.15, -0.1) is 0 Å². The molecule has 0 atom stereocenters. The van der Waals surface area contributed by atoms with Gasteiger partial charge in [0, 0.05) is 22.4 Å². The van der Waals surface area contributed by atoms with Gasteiger partial charge in [0.2, 0.25) is 0 Å². The zero-order chi connectivity index (χ0) is 13.8. The summed E-state index contributed by atoms with van der Waals surface area (Å²) in [5.41, 5.74) is 4.26. The van der Waals surface area contributed by atoms with Crippen molar-refractivity contribution in [1.29, 1.82) is 0 Å². The van der Waals surface area contributed by atoms with Gasteiger partial charge in [0.15, 0.2) is 0 Å². The average Bonchev–Trinajstić information content (AvgIpc) is 3.04. The Morgan fingerprint density at radius 1 is 0.714 bits per heavy atom. The highest BCUT2D eigenvalue weighted by atomic mass is 14.7. The lowest BCUT2D eigenvalue weighted by Gasteiger charge is -2.13. The van der Waals surface area contributed by atoms with E-state index in [2.05, 4.69) is 48.5 Å². The van der Waals surface area contributed by atoms with E-state index in [1.807, 2.05) is 6.20 Å². The third-order valence-corrected chi connectivity index (χ3v) is 4.83. The number of fused-ring (bicyclic) bond motifs is 8. The van der Waals surface area contributed by atoms with Crippen molar-refractivity contribution < 1.29 is 0 Å². The molecule has 1 aromatic heterocycles. The van der Waals surface area contributed by atoms with E-state index < -0.39 is 0 Å². The average molecular weight is 269 g/mol. The minimum absolute atomic E-state index is 1.17. The summed E-state index contributed by atoms with van der Waals surface area (Å²) in [4.78, 5) is 4.81. The SMILES string of the molecule is c1ccc2c(c1)cnc1c3ccccc3c3c(c21)CCC3. The molecule has 1 aliphatic carbocycles. The van der Waals surface area contributed by atoms with Gasteiger partial charge in [-0.05, 0) is 41.2 Å². The van der Waals surface area contributed by atoms with E-state index >= 15 is 0 Å². The van der Waals surface area contributed by atoms with Gasteiger partial charge in [0.25, 0.3) is 0 Å². The summed E-state index contributed by atoms with van der Waals surface area (Å²) >= 11 is 0. The van der Waals surface area contributed by atoms with Crippen LogP contribution in [0.25, 0.3) is 32.4 Å². The number of rotatable bonds is 0. The lowest BCUT2D eigenvalue weighted by molar-refractivity contribution is 0.915. The van der Waals surface area contributed by atoms with E-state index in [4.69, 9.17) is 4.98 Å². The summed E-state index contributed by atoms with van der Waals surface area (Å²) < 4.78 is 0. The number of hydrogen-bond acceptors (Lipinski definition) is 1. The lowest BCUT2D eigenvalue weighted by atomic mass is 9.93. The van der Waals surface area contributed by atoms with Gasteiger partial charge in [-0.25, -0.2) is 0 Å². The van der Waals surface area contributed by atoms with Crippen molar-refractivity contribution in [2.45, 2.75) is 19.3 Å². The summed E-state index contributed by atoms with van der Waals surface area (Å²) in [7, 11) is 0. The van der Waals surface area contributed by atoms with Crippen LogP contribution in [-0.2, 0) is 12.8 Å². The monoisotopic (exact) mass is 269 g/mol. The number of nitrogens with zero attached hydrogens (tertiary/aromatic N) is 1. The molecule has 3 aromatic carbocycles. The van der Waals surface area contributed by atoms with E-state index in [1.165, 1.54) is 57.3 Å². The summed E-state index contributed by atoms with van der Waals surface area (Å²) in [5, 5.41) is 6.69. The van der Waals surface area contributed by atoms with Gasteiger partial charge in [-0.3, -0.25) is 4.98 Å². The normalized spacial score (nSPS) is 14.1. The molecule has 5 rings (SSSR count). The van der Waals surface area contributed by atoms with Gasteiger partial charge in [0.05, 0.1) is 5.52 Å². The third kappa shape index (κ3) is 1.43. The predicted molar refractivity (Wildman–Crippen MR) is 88.8 cm³/mol. The fraction of sp³-hybridized carbons (Fsp3) is 0.150. The molecular weight excluding hydrogens is 254 g/mol. The van der Waals surface area contributed by atoms with E-state index in [-0.39, 0.29) is 0 Å². The second-order valence-corrected chi connectivity index (χ2v) is 5.93. The molecule has 0 saturated heterocycles. The van der Waals surface area contributed by atoms with Crippen molar-refractivity contribution in [3.63, 3.8) is 0 Å². The van der Waals surface area contributed by atoms with E-state index in [9.17, 15) is 0 Å². The molecule has 21 heavy (non-hydrogen) atoms. The van der Waals surface area contributed by atoms with Gasteiger partial charge in [-0.1, -0.05) is 48.5 Å². The van der Waals surface area contributed by atoms with Gasteiger partial charge in [0.1, 0.15) is 0 Å². The Hall–Kier alpha value is -2.41. The van der Waals surface area contributed by atoms with Crippen LogP contribution < -0.4 is 0 Å². The molecule has 0 fully saturated rings. The van der Waals surface area contributed by atoms with Crippen LogP contribution in [0.2, 0.25) is 0 Å². The Balaban J connectivity index is 2.15. The van der Waals surface area contributed by atoms with Crippen LogP contribution in [0.15, 0.2) is 54.7 Å². The third-order valence-electron chi connectivity index (χ3n) is 4.83. The predicted octanol–water partition coefficient (Wildman–Crippen LogP) is 5.03. The first-order valence-corrected chi connectivity index (χ1v) is 7.63. The first-order valence-electron chi connectivity index (χ1n) is 7.63. The first-order chi connectivity index (χ1) is 10.4. The summed E-state index contributed by atoms with van der Waals surface area (Å²) in [6.07, 6.45) is 5.68. The van der Waals surface area contributed by atoms with Crippen molar-refractivity contribution in [1.82, 2.24) is 4.98 Å². The fourth-order valence-electron chi connectivity index (χ4n) is 3.94. The van der Waals surface area contributed by atoms with Gasteiger partial charge < -0.3 is 0 Å². The molecular formula is C20H15N. The van der Waals surface area contributed by atoms with Crippen LogP contribution in [0.5, 0.6) is 0 Å². The second-order valence-electron chi connectivity index (χ2n) is 5.93. The van der Waals surface area contributed by atoms with Crippen LogP contribution in [-0.4, -0.2) is 4.98 Å². The largest absolute Gasteiger partial charge is 0.255 e. The van der Waals surface area contributed by atoms with E-state index in [0.717, 1.165) is 0 Å². The Bertz CT molecular complexity index is 1010. The molecule has 0 bridgehead atoms. The standard InChI is InChI=1S/C20H15N/c1-2-7-14-13(6-1)12-21-20-18-9-4-3-8-16(18)15-10-5-11-17(15)19(14)20/h1-4,6-9,12H,5,10-11H2. The number of aryl methyl sites for hydroxylation is 2. The smallest absolute Gasteiger partial charge is 0.0789 e. The van der Waals surface area contributed by atoms with Crippen molar-refractivity contribution in [3.8, 4) is 0 Å². The van der Waals surface area contributed by atoms with E-state index in [1.54, 1.807) is 5.56 Å². The fourth-order valence-corrected chi connectivity index (χ4v) is 3.94. The first kappa shape index (κ1) is 11.3. The molecule has 100 valence electrons.